The lowest BCUT2D eigenvalue weighted by Gasteiger charge is -2.17. The second kappa shape index (κ2) is 5.51. The van der Waals surface area contributed by atoms with Crippen molar-refractivity contribution in [3.63, 3.8) is 0 Å². The Balaban J connectivity index is 2.48. The van der Waals surface area contributed by atoms with Crippen molar-refractivity contribution >= 4 is 15.9 Å². The molecule has 0 radical (unpaired) electrons. The normalized spacial score (nSPS) is 12.4. The highest BCUT2D eigenvalue weighted by molar-refractivity contribution is 9.10. The molecule has 1 heterocycles. The summed E-state index contributed by atoms with van der Waals surface area (Å²) in [4.78, 5) is 4.09. The number of rotatable bonds is 3. The molecule has 0 amide bonds. The molecule has 1 unspecified atom stereocenters. The Labute approximate surface area is 111 Å². The molecule has 2 aromatic rings. The maximum Gasteiger partial charge on any atom is 0.131 e. The zero-order chi connectivity index (χ0) is 13.1. The first-order valence-corrected chi connectivity index (χ1v) is 5.94. The van der Waals surface area contributed by atoms with Gasteiger partial charge in [0.15, 0.2) is 0 Å². The maximum atomic E-state index is 13.7. The van der Waals surface area contributed by atoms with Crippen LogP contribution in [-0.2, 0) is 0 Å². The Morgan fingerprint density at radius 3 is 2.33 bits per heavy atom. The van der Waals surface area contributed by atoms with Gasteiger partial charge in [0.25, 0.3) is 0 Å². The van der Waals surface area contributed by atoms with Gasteiger partial charge in [0.2, 0.25) is 0 Å². The highest BCUT2D eigenvalue weighted by atomic mass is 79.9. The minimum absolute atomic E-state index is 0.144. The number of benzene rings is 1. The van der Waals surface area contributed by atoms with Crippen molar-refractivity contribution in [3.8, 4) is 0 Å². The summed E-state index contributed by atoms with van der Waals surface area (Å²) in [5, 5.41) is 0. The van der Waals surface area contributed by atoms with Gasteiger partial charge in [-0.25, -0.2) is 14.2 Å². The fourth-order valence-corrected chi connectivity index (χ4v) is 1.90. The van der Waals surface area contributed by atoms with Gasteiger partial charge in [-0.3, -0.25) is 10.8 Å². The molecule has 18 heavy (non-hydrogen) atoms. The monoisotopic (exact) mass is 313 g/mol. The summed E-state index contributed by atoms with van der Waals surface area (Å²) in [5.74, 6) is 4.05. The third kappa shape index (κ3) is 2.55. The number of nitrogens with one attached hydrogen (secondary N) is 1. The zero-order valence-corrected chi connectivity index (χ0v) is 10.8. The van der Waals surface area contributed by atoms with Gasteiger partial charge < -0.3 is 0 Å². The van der Waals surface area contributed by atoms with Gasteiger partial charge in [0.1, 0.15) is 11.6 Å². The highest BCUT2D eigenvalue weighted by Crippen LogP contribution is 2.25. The molecule has 3 nitrogen and oxygen atoms in total. The number of nitrogens with two attached hydrogens (primary N) is 1. The first-order valence-electron chi connectivity index (χ1n) is 5.15. The zero-order valence-electron chi connectivity index (χ0n) is 9.20. The summed E-state index contributed by atoms with van der Waals surface area (Å²) in [6.07, 6.45) is 1.54. The van der Waals surface area contributed by atoms with Crippen molar-refractivity contribution in [2.24, 2.45) is 5.84 Å². The average Bonchev–Trinajstić information content (AvgIpc) is 2.35. The molecular formula is C12H10BrF2N3. The van der Waals surface area contributed by atoms with Gasteiger partial charge in [-0.15, -0.1) is 0 Å². The predicted molar refractivity (Wildman–Crippen MR) is 67.5 cm³/mol. The number of hydrogen-bond donors (Lipinski definition) is 2. The summed E-state index contributed by atoms with van der Waals surface area (Å²) < 4.78 is 28.1. The predicted octanol–water partition coefficient (Wildman–Crippen LogP) is 2.68. The average molecular weight is 314 g/mol. The van der Waals surface area contributed by atoms with E-state index in [2.05, 4.69) is 26.3 Å². The molecule has 0 saturated heterocycles. The first kappa shape index (κ1) is 13.1. The van der Waals surface area contributed by atoms with Crippen molar-refractivity contribution in [3.05, 3.63) is 63.9 Å². The summed E-state index contributed by atoms with van der Waals surface area (Å²) in [5.41, 5.74) is 2.67. The van der Waals surface area contributed by atoms with E-state index in [9.17, 15) is 8.78 Å². The second-order valence-corrected chi connectivity index (χ2v) is 4.55. The van der Waals surface area contributed by atoms with Crippen LogP contribution in [0.15, 0.2) is 41.0 Å². The van der Waals surface area contributed by atoms with E-state index in [-0.39, 0.29) is 5.56 Å². The third-order valence-electron chi connectivity index (χ3n) is 2.50. The van der Waals surface area contributed by atoms with E-state index >= 15 is 0 Å². The molecule has 1 aromatic heterocycles. The van der Waals surface area contributed by atoms with E-state index < -0.39 is 17.7 Å². The third-order valence-corrected chi connectivity index (χ3v) is 2.97. The Morgan fingerprint density at radius 1 is 1.17 bits per heavy atom. The lowest BCUT2D eigenvalue weighted by Crippen LogP contribution is -2.31. The molecule has 0 spiro atoms. The van der Waals surface area contributed by atoms with E-state index in [4.69, 9.17) is 5.84 Å². The van der Waals surface area contributed by atoms with Gasteiger partial charge in [-0.1, -0.05) is 6.07 Å². The number of nitrogens with zero attached hydrogens (tertiary/aromatic N) is 1. The summed E-state index contributed by atoms with van der Waals surface area (Å²) in [7, 11) is 0. The van der Waals surface area contributed by atoms with Crippen LogP contribution < -0.4 is 11.3 Å². The molecule has 0 fully saturated rings. The summed E-state index contributed by atoms with van der Waals surface area (Å²) >= 11 is 3.24. The van der Waals surface area contributed by atoms with E-state index in [1.165, 1.54) is 18.2 Å². The molecule has 94 valence electrons. The molecular weight excluding hydrogens is 304 g/mol. The molecule has 3 N–H and O–H groups in total. The van der Waals surface area contributed by atoms with Crippen molar-refractivity contribution in [1.29, 1.82) is 0 Å². The Hall–Kier alpha value is -1.37. The lowest BCUT2D eigenvalue weighted by molar-refractivity contribution is 0.505. The van der Waals surface area contributed by atoms with Crippen LogP contribution in [0.4, 0.5) is 8.78 Å². The molecule has 6 heteroatoms. The molecule has 1 aromatic carbocycles. The molecule has 0 saturated carbocycles. The number of aromatic nitrogens is 1. The van der Waals surface area contributed by atoms with Crippen LogP contribution in [0.3, 0.4) is 0 Å². The molecule has 2 rings (SSSR count). The van der Waals surface area contributed by atoms with Crippen molar-refractivity contribution in [2.45, 2.75) is 6.04 Å². The van der Waals surface area contributed by atoms with Crippen molar-refractivity contribution in [2.75, 3.05) is 0 Å². The number of halogens is 3. The quantitative estimate of drug-likeness (QED) is 0.676. The summed E-state index contributed by atoms with van der Waals surface area (Å²) in [6.45, 7) is 0. The van der Waals surface area contributed by atoms with E-state index in [0.29, 0.717) is 5.69 Å². The van der Waals surface area contributed by atoms with Crippen LogP contribution in [0.25, 0.3) is 0 Å². The van der Waals surface area contributed by atoms with E-state index in [1.807, 2.05) is 0 Å². The van der Waals surface area contributed by atoms with Crippen molar-refractivity contribution in [1.82, 2.24) is 10.4 Å². The standard InChI is InChI=1S/C12H10BrF2N3/c13-7-4-5-10(17-6-7)12(18-16)11-8(14)2-1-3-9(11)15/h1-6,12,18H,16H2. The van der Waals surface area contributed by atoms with Gasteiger partial charge in [0.05, 0.1) is 11.7 Å². The SMILES string of the molecule is NNC(c1ccc(Br)cn1)c1c(F)cccc1F. The highest BCUT2D eigenvalue weighted by Gasteiger charge is 2.21. The molecule has 0 aliphatic heterocycles. The van der Waals surface area contributed by atoms with Crippen LogP contribution in [0.5, 0.6) is 0 Å². The maximum absolute atomic E-state index is 13.7. The lowest BCUT2D eigenvalue weighted by atomic mass is 10.0. The van der Waals surface area contributed by atoms with Gasteiger partial charge in [0, 0.05) is 16.2 Å². The minimum atomic E-state index is -0.834. The van der Waals surface area contributed by atoms with Crippen LogP contribution in [0.1, 0.15) is 17.3 Å². The second-order valence-electron chi connectivity index (χ2n) is 3.64. The Kier molecular flexibility index (Phi) is 4.00. The molecule has 0 bridgehead atoms. The fraction of sp³-hybridized carbons (Fsp3) is 0.0833. The fourth-order valence-electron chi connectivity index (χ4n) is 1.66. The number of hydrazine groups is 1. The van der Waals surface area contributed by atoms with Crippen LogP contribution >= 0.6 is 15.9 Å². The molecule has 0 aliphatic carbocycles. The van der Waals surface area contributed by atoms with Crippen molar-refractivity contribution < 1.29 is 8.78 Å². The summed E-state index contributed by atoms with van der Waals surface area (Å²) in [6, 6.07) is 6.20. The van der Waals surface area contributed by atoms with Gasteiger partial charge in [-0.05, 0) is 40.2 Å². The minimum Gasteiger partial charge on any atom is -0.271 e. The molecule has 1 atom stereocenters. The number of pyridine rings is 1. The largest absolute Gasteiger partial charge is 0.271 e. The van der Waals surface area contributed by atoms with Gasteiger partial charge >= 0.3 is 0 Å². The first-order chi connectivity index (χ1) is 8.63. The Bertz CT molecular complexity index is 525. The van der Waals surface area contributed by atoms with Gasteiger partial charge in [-0.2, -0.15) is 0 Å². The van der Waals surface area contributed by atoms with E-state index in [1.54, 1.807) is 18.3 Å². The number of hydrogen-bond acceptors (Lipinski definition) is 3. The Morgan fingerprint density at radius 2 is 1.83 bits per heavy atom. The molecule has 0 aliphatic rings. The van der Waals surface area contributed by atoms with Crippen LogP contribution in [0, 0.1) is 11.6 Å². The van der Waals surface area contributed by atoms with E-state index in [0.717, 1.165) is 4.47 Å². The topological polar surface area (TPSA) is 50.9 Å². The van der Waals surface area contributed by atoms with Crippen LogP contribution in [0.2, 0.25) is 0 Å². The van der Waals surface area contributed by atoms with Crippen LogP contribution in [-0.4, -0.2) is 4.98 Å². The smallest absolute Gasteiger partial charge is 0.131 e.